The first-order valence-electron chi connectivity index (χ1n) is 5.96. The van der Waals surface area contributed by atoms with Crippen LogP contribution in [0.15, 0.2) is 0 Å². The summed E-state index contributed by atoms with van der Waals surface area (Å²) in [7, 11) is -2.15. The summed E-state index contributed by atoms with van der Waals surface area (Å²) in [6.45, 7) is 0.579. The van der Waals surface area contributed by atoms with Crippen molar-refractivity contribution in [3.05, 3.63) is 0 Å². The smallest absolute Gasteiger partial charge is 0.327 e. The standard InChI is InChI=1S/C11H19O3P/c12-15(13)14-7-11-4-8-1-9(5-11)3-10(2-8)6-11/h8-10,12-13H,1-7H2. The van der Waals surface area contributed by atoms with Crippen LogP contribution in [0.2, 0.25) is 0 Å². The van der Waals surface area contributed by atoms with Gasteiger partial charge >= 0.3 is 8.60 Å². The van der Waals surface area contributed by atoms with E-state index in [0.717, 1.165) is 17.8 Å². The molecule has 0 aromatic carbocycles. The van der Waals surface area contributed by atoms with Crippen molar-refractivity contribution in [2.24, 2.45) is 23.2 Å². The Morgan fingerprint density at radius 1 is 1.00 bits per heavy atom. The highest BCUT2D eigenvalue weighted by Crippen LogP contribution is 2.60. The van der Waals surface area contributed by atoms with Gasteiger partial charge in [0.15, 0.2) is 0 Å². The van der Waals surface area contributed by atoms with Crippen LogP contribution in [-0.2, 0) is 4.52 Å². The second kappa shape index (κ2) is 3.66. The molecule has 0 radical (unpaired) electrons. The minimum Gasteiger partial charge on any atom is -0.328 e. The summed E-state index contributed by atoms with van der Waals surface area (Å²) in [5.74, 6) is 2.72. The second-order valence-corrected chi connectivity index (χ2v) is 6.71. The van der Waals surface area contributed by atoms with Crippen molar-refractivity contribution in [3.63, 3.8) is 0 Å². The summed E-state index contributed by atoms with van der Waals surface area (Å²) in [6, 6.07) is 0. The van der Waals surface area contributed by atoms with Crippen molar-refractivity contribution >= 4 is 8.60 Å². The van der Waals surface area contributed by atoms with E-state index in [-0.39, 0.29) is 0 Å². The van der Waals surface area contributed by atoms with E-state index in [1.807, 2.05) is 0 Å². The zero-order valence-corrected chi connectivity index (χ0v) is 9.83. The van der Waals surface area contributed by atoms with Gasteiger partial charge in [-0.3, -0.25) is 0 Å². The largest absolute Gasteiger partial charge is 0.328 e. The second-order valence-electron chi connectivity index (χ2n) is 5.94. The predicted molar refractivity (Wildman–Crippen MR) is 57.9 cm³/mol. The molecule has 86 valence electrons. The maximum atomic E-state index is 8.85. The van der Waals surface area contributed by atoms with E-state index in [4.69, 9.17) is 14.3 Å². The molecule has 4 saturated carbocycles. The Kier molecular flexibility index (Phi) is 2.55. The molecule has 15 heavy (non-hydrogen) atoms. The molecule has 0 amide bonds. The molecule has 4 rings (SSSR count). The Hall–Kier alpha value is 0.310. The van der Waals surface area contributed by atoms with Crippen LogP contribution in [0.5, 0.6) is 0 Å². The topological polar surface area (TPSA) is 49.7 Å². The van der Waals surface area contributed by atoms with Crippen LogP contribution in [0.3, 0.4) is 0 Å². The van der Waals surface area contributed by atoms with Gasteiger partial charge < -0.3 is 14.3 Å². The van der Waals surface area contributed by atoms with Gasteiger partial charge in [-0.15, -0.1) is 0 Å². The average Bonchev–Trinajstić information content (AvgIpc) is 2.12. The Morgan fingerprint density at radius 3 is 1.87 bits per heavy atom. The zero-order chi connectivity index (χ0) is 10.5. The Labute approximate surface area is 91.8 Å². The predicted octanol–water partition coefficient (Wildman–Crippen LogP) is 2.43. The van der Waals surface area contributed by atoms with Gasteiger partial charge in [0, 0.05) is 0 Å². The van der Waals surface area contributed by atoms with Gasteiger partial charge in [-0.2, -0.15) is 0 Å². The highest BCUT2D eigenvalue weighted by Gasteiger charge is 2.51. The van der Waals surface area contributed by atoms with Crippen molar-refractivity contribution in [1.29, 1.82) is 0 Å². The zero-order valence-electron chi connectivity index (χ0n) is 8.93. The SMILES string of the molecule is OP(O)OCC12CC3CC(CC(C3)C1)C2. The molecular formula is C11H19O3P. The van der Waals surface area contributed by atoms with Gasteiger partial charge in [-0.1, -0.05) is 0 Å². The van der Waals surface area contributed by atoms with Crippen molar-refractivity contribution in [3.8, 4) is 0 Å². The molecule has 2 N–H and O–H groups in total. The summed E-state index contributed by atoms with van der Waals surface area (Å²) in [4.78, 5) is 17.7. The maximum absolute atomic E-state index is 8.85. The van der Waals surface area contributed by atoms with Crippen LogP contribution in [-0.4, -0.2) is 16.4 Å². The van der Waals surface area contributed by atoms with E-state index in [1.165, 1.54) is 38.5 Å². The van der Waals surface area contributed by atoms with Gasteiger partial charge in [0.1, 0.15) is 0 Å². The Morgan fingerprint density at radius 2 is 1.47 bits per heavy atom. The molecule has 4 bridgehead atoms. The molecule has 0 aromatic rings. The van der Waals surface area contributed by atoms with Crippen molar-refractivity contribution in [2.45, 2.75) is 38.5 Å². The highest BCUT2D eigenvalue weighted by molar-refractivity contribution is 7.39. The molecule has 0 aromatic heterocycles. The molecular weight excluding hydrogens is 211 g/mol. The average molecular weight is 230 g/mol. The van der Waals surface area contributed by atoms with Crippen LogP contribution >= 0.6 is 8.60 Å². The number of rotatable bonds is 3. The Balaban J connectivity index is 1.70. The summed E-state index contributed by atoms with van der Waals surface area (Å²) >= 11 is 0. The maximum Gasteiger partial charge on any atom is 0.327 e. The fourth-order valence-electron chi connectivity index (χ4n) is 4.66. The third kappa shape index (κ3) is 1.95. The van der Waals surface area contributed by atoms with Gasteiger partial charge in [-0.05, 0) is 61.7 Å². The quantitative estimate of drug-likeness (QED) is 0.732. The Bertz CT molecular complexity index is 219. The third-order valence-electron chi connectivity index (χ3n) is 4.65. The first-order chi connectivity index (χ1) is 7.15. The van der Waals surface area contributed by atoms with Gasteiger partial charge in [0.25, 0.3) is 0 Å². The molecule has 3 nitrogen and oxygen atoms in total. The van der Waals surface area contributed by atoms with E-state index >= 15 is 0 Å². The molecule has 0 atom stereocenters. The molecule has 0 saturated heterocycles. The lowest BCUT2D eigenvalue weighted by atomic mass is 9.50. The van der Waals surface area contributed by atoms with Gasteiger partial charge in [0.2, 0.25) is 0 Å². The number of hydrogen-bond donors (Lipinski definition) is 2. The van der Waals surface area contributed by atoms with Crippen LogP contribution < -0.4 is 0 Å². The van der Waals surface area contributed by atoms with Crippen LogP contribution in [0.25, 0.3) is 0 Å². The van der Waals surface area contributed by atoms with E-state index < -0.39 is 8.60 Å². The first-order valence-corrected chi connectivity index (χ1v) is 7.12. The summed E-state index contributed by atoms with van der Waals surface area (Å²) in [5, 5.41) is 0. The number of hydrogen-bond acceptors (Lipinski definition) is 3. The first kappa shape index (κ1) is 10.5. The highest BCUT2D eigenvalue weighted by atomic mass is 31.2. The molecule has 0 heterocycles. The van der Waals surface area contributed by atoms with Crippen LogP contribution in [0.4, 0.5) is 0 Å². The molecule has 0 spiro atoms. The van der Waals surface area contributed by atoms with E-state index in [2.05, 4.69) is 0 Å². The summed E-state index contributed by atoms with van der Waals surface area (Å²) in [5.41, 5.74) is 0.306. The monoisotopic (exact) mass is 230 g/mol. The van der Waals surface area contributed by atoms with Gasteiger partial charge in [-0.25, -0.2) is 0 Å². The molecule has 0 aliphatic heterocycles. The van der Waals surface area contributed by atoms with E-state index in [1.54, 1.807) is 0 Å². The van der Waals surface area contributed by atoms with E-state index in [9.17, 15) is 0 Å². The fraction of sp³-hybridized carbons (Fsp3) is 1.00. The molecule has 4 aliphatic rings. The fourth-order valence-corrected chi connectivity index (χ4v) is 5.05. The summed E-state index contributed by atoms with van der Waals surface area (Å²) in [6.07, 6.45) is 8.07. The van der Waals surface area contributed by atoms with Crippen molar-refractivity contribution in [1.82, 2.24) is 0 Å². The molecule has 4 heteroatoms. The van der Waals surface area contributed by atoms with Crippen molar-refractivity contribution in [2.75, 3.05) is 6.61 Å². The lowest BCUT2D eigenvalue weighted by Crippen LogP contribution is -2.48. The van der Waals surface area contributed by atoms with Crippen LogP contribution in [0.1, 0.15) is 38.5 Å². The lowest BCUT2D eigenvalue weighted by Gasteiger charge is -2.56. The lowest BCUT2D eigenvalue weighted by molar-refractivity contribution is -0.0760. The summed E-state index contributed by atoms with van der Waals surface area (Å²) < 4.78 is 5.10. The minimum atomic E-state index is -2.15. The van der Waals surface area contributed by atoms with Gasteiger partial charge in [0.05, 0.1) is 6.61 Å². The van der Waals surface area contributed by atoms with Crippen molar-refractivity contribution < 1.29 is 14.3 Å². The van der Waals surface area contributed by atoms with E-state index in [0.29, 0.717) is 12.0 Å². The minimum absolute atomic E-state index is 0.306. The molecule has 4 fully saturated rings. The third-order valence-corrected chi connectivity index (χ3v) is 5.01. The van der Waals surface area contributed by atoms with Crippen LogP contribution in [0, 0.1) is 23.2 Å². The molecule has 4 aliphatic carbocycles. The normalized spacial score (nSPS) is 47.8. The molecule has 0 unspecified atom stereocenters.